The lowest BCUT2D eigenvalue weighted by Gasteiger charge is -2.07. The van der Waals surface area contributed by atoms with E-state index in [0.717, 1.165) is 47.8 Å². The van der Waals surface area contributed by atoms with Crippen molar-refractivity contribution in [3.8, 4) is 11.3 Å². The highest BCUT2D eigenvalue weighted by Gasteiger charge is 2.09. The van der Waals surface area contributed by atoms with Gasteiger partial charge in [-0.2, -0.15) is 0 Å². The molecule has 0 amide bonds. The first-order chi connectivity index (χ1) is 16.1. The molecule has 0 atom stereocenters. The summed E-state index contributed by atoms with van der Waals surface area (Å²) in [6.07, 6.45) is 7.26. The summed E-state index contributed by atoms with van der Waals surface area (Å²) in [5, 5.41) is 4.52. The molecular weight excluding hydrogens is 428 g/mol. The normalized spacial score (nSPS) is 11.6. The van der Waals surface area contributed by atoms with Crippen LogP contribution >= 0.6 is 11.3 Å². The minimum absolute atomic E-state index is 0.580. The lowest BCUT2D eigenvalue weighted by atomic mass is 10.0. The monoisotopic (exact) mass is 456 g/mol. The number of nitrogens with one attached hydrogen (secondary N) is 1. The molecule has 33 heavy (non-hydrogen) atoms. The Labute approximate surface area is 199 Å². The lowest BCUT2D eigenvalue weighted by Crippen LogP contribution is -2.15. The van der Waals surface area contributed by atoms with Crippen molar-refractivity contribution in [1.29, 1.82) is 0 Å². The topological polar surface area (TPSA) is 62.8 Å². The van der Waals surface area contributed by atoms with Crippen LogP contribution in [-0.4, -0.2) is 24.1 Å². The molecule has 5 nitrogen and oxygen atoms in total. The number of pyridine rings is 1. The minimum Gasteiger partial charge on any atom is -0.472 e. The number of hydrogen-bond acceptors (Lipinski definition) is 5. The van der Waals surface area contributed by atoms with Crippen molar-refractivity contribution in [2.45, 2.75) is 33.2 Å². The van der Waals surface area contributed by atoms with Gasteiger partial charge in [0.25, 0.3) is 0 Å². The summed E-state index contributed by atoms with van der Waals surface area (Å²) < 4.78 is 5.15. The quantitative estimate of drug-likeness (QED) is 0.177. The maximum absolute atomic E-state index is 5.15. The maximum Gasteiger partial charge on any atom is 0.163 e. The van der Waals surface area contributed by atoms with E-state index in [9.17, 15) is 0 Å². The smallest absolute Gasteiger partial charge is 0.163 e. The number of benzene rings is 1. The third-order valence-electron chi connectivity index (χ3n) is 5.34. The standard InChI is InChI=1S/C27H28N4OS/c1-19-6-11-25(30-16-19)22-9-7-21(8-10-22)5-4-13-29-17-24-15-20(2)33-27(24)31-26(28-3)23-12-14-32-18-23/h6-12,14-16,18,29H,3-5,13,17H2,1-2H3/b31-26-. The van der Waals surface area contributed by atoms with Crippen LogP contribution in [0.4, 0.5) is 5.00 Å². The van der Waals surface area contributed by atoms with E-state index in [1.165, 1.54) is 21.6 Å². The van der Waals surface area contributed by atoms with Crippen molar-refractivity contribution < 1.29 is 4.42 Å². The van der Waals surface area contributed by atoms with E-state index in [1.807, 2.05) is 12.3 Å². The molecule has 0 radical (unpaired) electrons. The first-order valence-corrected chi connectivity index (χ1v) is 11.8. The van der Waals surface area contributed by atoms with Crippen LogP contribution in [-0.2, 0) is 13.0 Å². The molecule has 0 saturated carbocycles. The van der Waals surface area contributed by atoms with E-state index in [-0.39, 0.29) is 0 Å². The summed E-state index contributed by atoms with van der Waals surface area (Å²) in [6, 6.07) is 16.9. The van der Waals surface area contributed by atoms with Crippen molar-refractivity contribution in [3.63, 3.8) is 0 Å². The highest BCUT2D eigenvalue weighted by molar-refractivity contribution is 7.16. The van der Waals surface area contributed by atoms with Gasteiger partial charge in [0.1, 0.15) is 11.3 Å². The summed E-state index contributed by atoms with van der Waals surface area (Å²) >= 11 is 1.67. The fourth-order valence-corrected chi connectivity index (χ4v) is 4.48. The molecule has 6 heteroatoms. The number of amidine groups is 1. The largest absolute Gasteiger partial charge is 0.472 e. The van der Waals surface area contributed by atoms with Crippen LogP contribution in [0.15, 0.2) is 81.7 Å². The van der Waals surface area contributed by atoms with Gasteiger partial charge >= 0.3 is 0 Å². The van der Waals surface area contributed by atoms with Crippen molar-refractivity contribution >= 4 is 28.9 Å². The van der Waals surface area contributed by atoms with Gasteiger partial charge in [0.05, 0.1) is 17.5 Å². The number of furan rings is 1. The van der Waals surface area contributed by atoms with Crippen LogP contribution in [0.1, 0.15) is 33.6 Å². The first-order valence-electron chi connectivity index (χ1n) is 11.0. The van der Waals surface area contributed by atoms with Crippen molar-refractivity contribution in [1.82, 2.24) is 10.3 Å². The Morgan fingerprint density at radius 1 is 1.12 bits per heavy atom. The van der Waals surface area contributed by atoms with E-state index in [0.29, 0.717) is 5.84 Å². The van der Waals surface area contributed by atoms with Crippen molar-refractivity contribution in [2.75, 3.05) is 6.54 Å². The number of aryl methyl sites for hydroxylation is 3. The highest BCUT2D eigenvalue weighted by atomic mass is 32.1. The average molecular weight is 457 g/mol. The van der Waals surface area contributed by atoms with Crippen LogP contribution in [0.3, 0.4) is 0 Å². The summed E-state index contributed by atoms with van der Waals surface area (Å²) in [4.78, 5) is 14.5. The molecule has 4 aromatic rings. The second kappa shape index (κ2) is 11.0. The Balaban J connectivity index is 1.28. The van der Waals surface area contributed by atoms with E-state index in [1.54, 1.807) is 23.9 Å². The molecule has 3 heterocycles. The van der Waals surface area contributed by atoms with E-state index >= 15 is 0 Å². The fraction of sp³-hybridized carbons (Fsp3) is 0.222. The zero-order valence-electron chi connectivity index (χ0n) is 19.0. The van der Waals surface area contributed by atoms with Crippen LogP contribution in [0.25, 0.3) is 11.3 Å². The molecule has 0 bridgehead atoms. The number of nitrogens with zero attached hydrogens (tertiary/aromatic N) is 3. The van der Waals surface area contributed by atoms with Crippen LogP contribution in [0.5, 0.6) is 0 Å². The summed E-state index contributed by atoms with van der Waals surface area (Å²) in [5.41, 5.74) is 6.69. The Bertz CT molecular complexity index is 1210. The second-order valence-corrected chi connectivity index (χ2v) is 9.23. The van der Waals surface area contributed by atoms with Gasteiger partial charge in [0.2, 0.25) is 0 Å². The molecule has 0 aliphatic heterocycles. The summed E-state index contributed by atoms with van der Waals surface area (Å²) in [7, 11) is 0. The van der Waals surface area contributed by atoms with Gasteiger partial charge in [-0.1, -0.05) is 30.3 Å². The van der Waals surface area contributed by atoms with Crippen LogP contribution in [0.2, 0.25) is 0 Å². The molecular formula is C27H28N4OS. The summed E-state index contributed by atoms with van der Waals surface area (Å²) in [6.45, 7) is 9.52. The molecule has 1 N–H and O–H groups in total. The molecule has 0 unspecified atom stereocenters. The van der Waals surface area contributed by atoms with Gasteiger partial charge in [0, 0.05) is 28.7 Å². The Kier molecular flexibility index (Phi) is 7.60. The van der Waals surface area contributed by atoms with Crippen LogP contribution in [0, 0.1) is 13.8 Å². The molecule has 0 spiro atoms. The molecule has 4 rings (SSSR count). The van der Waals surface area contributed by atoms with E-state index in [4.69, 9.17) is 9.41 Å². The molecule has 0 aliphatic carbocycles. The van der Waals surface area contributed by atoms with Crippen molar-refractivity contribution in [2.24, 2.45) is 9.98 Å². The number of hydrogen-bond donors (Lipinski definition) is 1. The zero-order chi connectivity index (χ0) is 23.0. The van der Waals surface area contributed by atoms with Gasteiger partial charge in [-0.3, -0.25) is 4.98 Å². The SMILES string of the molecule is C=N/C(=N\c1sc(C)cc1CNCCCc1ccc(-c2ccc(C)cn2)cc1)c1ccoc1. The molecule has 3 aromatic heterocycles. The molecule has 1 aromatic carbocycles. The van der Waals surface area contributed by atoms with Gasteiger partial charge in [-0.25, -0.2) is 9.98 Å². The van der Waals surface area contributed by atoms with Gasteiger partial charge in [-0.05, 0) is 69.3 Å². The third kappa shape index (κ3) is 6.12. The molecule has 0 fully saturated rings. The fourth-order valence-electron chi connectivity index (χ4n) is 3.58. The van der Waals surface area contributed by atoms with Gasteiger partial charge in [0.15, 0.2) is 5.84 Å². The highest BCUT2D eigenvalue weighted by Crippen LogP contribution is 2.31. The van der Waals surface area contributed by atoms with E-state index in [2.05, 4.69) is 78.3 Å². The molecule has 168 valence electrons. The lowest BCUT2D eigenvalue weighted by molar-refractivity contribution is 0.567. The Hall–Kier alpha value is -3.35. The zero-order valence-corrected chi connectivity index (χ0v) is 19.9. The average Bonchev–Trinajstić information content (AvgIpc) is 3.48. The number of aliphatic imine (C=N–C) groups is 2. The first kappa shape index (κ1) is 22.8. The van der Waals surface area contributed by atoms with Crippen molar-refractivity contribution in [3.05, 3.63) is 94.4 Å². The maximum atomic E-state index is 5.15. The number of aromatic nitrogens is 1. The predicted molar refractivity (Wildman–Crippen MR) is 138 cm³/mol. The Morgan fingerprint density at radius 2 is 1.97 bits per heavy atom. The third-order valence-corrected chi connectivity index (χ3v) is 6.33. The molecule has 0 aliphatic rings. The predicted octanol–water partition coefficient (Wildman–Crippen LogP) is 6.52. The summed E-state index contributed by atoms with van der Waals surface area (Å²) in [5.74, 6) is 0.580. The minimum atomic E-state index is 0.580. The number of thiophene rings is 1. The second-order valence-electron chi connectivity index (χ2n) is 7.99. The van der Waals surface area contributed by atoms with Gasteiger partial charge in [-0.15, -0.1) is 11.3 Å². The number of rotatable bonds is 9. The van der Waals surface area contributed by atoms with E-state index < -0.39 is 0 Å². The van der Waals surface area contributed by atoms with Crippen LogP contribution < -0.4 is 5.32 Å². The van der Waals surface area contributed by atoms with Gasteiger partial charge < -0.3 is 9.73 Å². The molecule has 0 saturated heterocycles. The Morgan fingerprint density at radius 3 is 2.67 bits per heavy atom.